The molecule has 0 radical (unpaired) electrons. The molecule has 12 aromatic heterocycles. The molecule has 0 N–H and O–H groups in total. The topological polar surface area (TPSA) is 155 Å². The van der Waals surface area contributed by atoms with Crippen LogP contribution in [-0.2, 0) is 0 Å². The van der Waals surface area contributed by atoms with Crippen molar-refractivity contribution in [3.8, 4) is 68.3 Å². The molecule has 96 heavy (non-hydrogen) atoms. The second-order valence-electron chi connectivity index (χ2n) is 27.5. The summed E-state index contributed by atoms with van der Waals surface area (Å²) in [6.07, 6.45) is 24.0. The molecule has 10 atom stereocenters. The first-order valence-corrected chi connectivity index (χ1v) is 34.8. The summed E-state index contributed by atoms with van der Waals surface area (Å²) >= 11 is 0. The Hall–Kier alpha value is -10.2. The van der Waals surface area contributed by atoms with Crippen LogP contribution in [0.4, 0.5) is 0 Å². The van der Waals surface area contributed by atoms with Gasteiger partial charge in [0.2, 0.25) is 0 Å². The van der Waals surface area contributed by atoms with Gasteiger partial charge in [0.25, 0.3) is 0 Å². The van der Waals surface area contributed by atoms with Crippen LogP contribution >= 0.6 is 0 Å². The number of nitrogens with zero attached hydrogens (tertiary/aromatic N) is 12. The van der Waals surface area contributed by atoms with E-state index in [1.165, 1.54) is 11.4 Å². The zero-order valence-electron chi connectivity index (χ0n) is 54.0. The Bertz CT molecular complexity index is 4070. The Morgan fingerprint density at radius 3 is 0.500 bits per heavy atom. The van der Waals surface area contributed by atoms with Gasteiger partial charge < -0.3 is 0 Å². The molecule has 474 valence electrons. The van der Waals surface area contributed by atoms with E-state index in [1.54, 1.807) is 0 Å². The molecule has 16 rings (SSSR count). The quantitative estimate of drug-likeness (QED) is 0.0959. The molecule has 0 aliphatic heterocycles. The summed E-state index contributed by atoms with van der Waals surface area (Å²) in [7, 11) is 0. The van der Waals surface area contributed by atoms with Gasteiger partial charge in [-0.2, -0.15) is 0 Å². The van der Waals surface area contributed by atoms with E-state index in [4.69, 9.17) is 59.8 Å². The zero-order valence-corrected chi connectivity index (χ0v) is 54.0. The summed E-state index contributed by atoms with van der Waals surface area (Å²) < 4.78 is 0. The molecular weight excluding hydrogens is 1180 g/mol. The van der Waals surface area contributed by atoms with Crippen LogP contribution in [0, 0.1) is 35.5 Å². The highest BCUT2D eigenvalue weighted by molar-refractivity contribution is 5.58. The SMILES string of the molecule is c1ccc(-c2cccc(C3CC(c4cccc(-c5ccccn5)n4)CC(C4CC(c5cccc(-c6ccccn6)n5)CC(C5CC(c6cccc(-c7ccccn7)n6)CC(C6CC(c7cccc(-c8ccccn8)n7)CC(c7cccc(-c8ccccn8)n7)C6)C5)C4)C3)n2)nc1. The summed E-state index contributed by atoms with van der Waals surface area (Å²) in [5, 5.41) is 0. The maximum absolute atomic E-state index is 5.61. The Morgan fingerprint density at radius 2 is 0.323 bits per heavy atom. The largest absolute Gasteiger partial charge is 0.255 e. The number of rotatable bonds is 15. The second kappa shape index (κ2) is 28.0. The van der Waals surface area contributed by atoms with Crippen LogP contribution in [0.1, 0.15) is 147 Å². The maximum Gasteiger partial charge on any atom is 0.0889 e. The minimum absolute atomic E-state index is 0.216. The Balaban J connectivity index is 0.792. The van der Waals surface area contributed by atoms with E-state index < -0.39 is 0 Å². The summed E-state index contributed by atoms with van der Waals surface area (Å²) in [6, 6.07) is 76.4. The van der Waals surface area contributed by atoms with E-state index in [1.807, 2.05) is 73.6 Å². The first kappa shape index (κ1) is 60.7. The third-order valence-electron chi connectivity index (χ3n) is 21.7. The Labute approximate surface area is 562 Å². The van der Waals surface area contributed by atoms with Crippen molar-refractivity contribution < 1.29 is 0 Å². The second-order valence-corrected chi connectivity index (χ2v) is 27.5. The van der Waals surface area contributed by atoms with E-state index in [2.05, 4.69) is 182 Å². The van der Waals surface area contributed by atoms with Gasteiger partial charge in [0.1, 0.15) is 0 Å². The van der Waals surface area contributed by atoms with Crippen LogP contribution in [0.3, 0.4) is 0 Å². The normalized spacial score (nSPS) is 24.4. The van der Waals surface area contributed by atoms with Crippen LogP contribution in [0.2, 0.25) is 0 Å². The molecule has 12 nitrogen and oxygen atoms in total. The lowest BCUT2D eigenvalue weighted by atomic mass is 9.56. The lowest BCUT2D eigenvalue weighted by Crippen LogP contribution is -2.38. The predicted octanol–water partition coefficient (Wildman–Crippen LogP) is 18.9. The van der Waals surface area contributed by atoms with Crippen LogP contribution in [0.15, 0.2) is 256 Å². The Kier molecular flexibility index (Phi) is 17.7. The number of hydrogen-bond donors (Lipinski definition) is 0. The highest BCUT2D eigenvalue weighted by atomic mass is 14.8. The molecule has 4 aliphatic carbocycles. The van der Waals surface area contributed by atoms with Gasteiger partial charge in [0, 0.05) is 107 Å². The molecule has 0 aromatic carbocycles. The summed E-state index contributed by atoms with van der Waals surface area (Å²) in [4.78, 5) is 62.0. The van der Waals surface area contributed by atoms with Gasteiger partial charge in [-0.1, -0.05) is 72.8 Å². The molecule has 0 amide bonds. The van der Waals surface area contributed by atoms with Gasteiger partial charge >= 0.3 is 0 Å². The summed E-state index contributed by atoms with van der Waals surface area (Å²) in [5.41, 5.74) is 17.8. The molecule has 4 saturated carbocycles. The molecule has 4 aliphatic rings. The van der Waals surface area contributed by atoms with E-state index in [0.29, 0.717) is 35.5 Å². The molecule has 10 unspecified atom stereocenters. The fourth-order valence-electron chi connectivity index (χ4n) is 17.3. The molecule has 0 saturated heterocycles. The first-order chi connectivity index (χ1) is 47.5. The minimum Gasteiger partial charge on any atom is -0.255 e. The van der Waals surface area contributed by atoms with Crippen molar-refractivity contribution in [2.45, 2.75) is 113 Å². The predicted molar refractivity (Wildman–Crippen MR) is 378 cm³/mol. The highest BCUT2D eigenvalue weighted by Gasteiger charge is 2.47. The zero-order chi connectivity index (χ0) is 64.0. The lowest BCUT2D eigenvalue weighted by molar-refractivity contribution is 0.0518. The van der Waals surface area contributed by atoms with Crippen molar-refractivity contribution in [2.24, 2.45) is 35.5 Å². The monoisotopic (exact) mass is 1250 g/mol. The number of pyridine rings is 12. The molecule has 0 spiro atoms. The van der Waals surface area contributed by atoms with Gasteiger partial charge in [0.05, 0.1) is 68.3 Å². The fraction of sp³-hybridized carbons (Fsp3) is 0.286. The van der Waals surface area contributed by atoms with Crippen LogP contribution < -0.4 is 0 Å². The van der Waals surface area contributed by atoms with Crippen molar-refractivity contribution in [1.82, 2.24) is 59.8 Å². The molecule has 12 aromatic rings. The van der Waals surface area contributed by atoms with E-state index in [9.17, 15) is 0 Å². The van der Waals surface area contributed by atoms with Crippen molar-refractivity contribution in [3.63, 3.8) is 0 Å². The van der Waals surface area contributed by atoms with E-state index in [-0.39, 0.29) is 35.5 Å². The van der Waals surface area contributed by atoms with E-state index >= 15 is 0 Å². The first-order valence-electron chi connectivity index (χ1n) is 34.8. The average Bonchev–Trinajstić information content (AvgIpc) is 0.994. The van der Waals surface area contributed by atoms with Crippen molar-refractivity contribution >= 4 is 0 Å². The number of hydrogen-bond acceptors (Lipinski definition) is 12. The van der Waals surface area contributed by atoms with Crippen molar-refractivity contribution in [3.05, 3.63) is 290 Å². The van der Waals surface area contributed by atoms with E-state index in [0.717, 1.165) is 168 Å². The Morgan fingerprint density at radius 1 is 0.156 bits per heavy atom. The van der Waals surface area contributed by atoms with Crippen LogP contribution in [0.25, 0.3) is 68.3 Å². The van der Waals surface area contributed by atoms with Crippen LogP contribution in [-0.4, -0.2) is 59.8 Å². The highest BCUT2D eigenvalue weighted by Crippen LogP contribution is 2.58. The van der Waals surface area contributed by atoms with Crippen molar-refractivity contribution in [1.29, 1.82) is 0 Å². The number of aromatic nitrogens is 12. The van der Waals surface area contributed by atoms with Gasteiger partial charge in [0.15, 0.2) is 0 Å². The minimum atomic E-state index is 0.216. The average molecular weight is 1260 g/mol. The van der Waals surface area contributed by atoms with Gasteiger partial charge in [-0.15, -0.1) is 0 Å². The molecule has 0 bridgehead atoms. The molecular formula is C84H78N12. The summed E-state index contributed by atoms with van der Waals surface area (Å²) in [5.74, 6) is 3.84. The third kappa shape index (κ3) is 13.6. The van der Waals surface area contributed by atoms with Crippen molar-refractivity contribution in [2.75, 3.05) is 0 Å². The molecule has 4 fully saturated rings. The van der Waals surface area contributed by atoms with Gasteiger partial charge in [-0.05, 0) is 258 Å². The molecule has 12 heterocycles. The smallest absolute Gasteiger partial charge is 0.0889 e. The molecule has 12 heteroatoms. The maximum atomic E-state index is 5.61. The third-order valence-corrected chi connectivity index (χ3v) is 21.7. The van der Waals surface area contributed by atoms with Gasteiger partial charge in [-0.3, -0.25) is 59.8 Å². The van der Waals surface area contributed by atoms with Crippen LogP contribution in [0.5, 0.6) is 0 Å². The standard InChI is InChI=1S/C84H78N12/c1-7-37-85-73(19-1)79-31-13-25-67(91-79)61-45-55(43-57(47-61)59-49-63(69-27-15-33-81(93-69)75-21-3-9-39-87-75)53-64(50-59)70-28-16-34-82(94-70)76-22-4-10-40-88-76)56-44-58(48-62(46-56)68-26-14-32-80(92-68)74-20-2-8-38-86-74)60-51-65(71-29-17-35-83(95-71)77-23-5-11-41-89-77)54-66(52-60)72-30-18-36-84(96-72)78-24-6-12-42-90-78/h1-42,55-66H,43-54H2. The van der Waals surface area contributed by atoms with Gasteiger partial charge in [-0.25, -0.2) is 0 Å². The lowest BCUT2D eigenvalue weighted by Gasteiger charge is -2.49. The fourth-order valence-corrected chi connectivity index (χ4v) is 17.3. The summed E-state index contributed by atoms with van der Waals surface area (Å²) in [6.45, 7) is 0.